The molecule has 3 aromatic rings. The van der Waals surface area contributed by atoms with Crippen molar-refractivity contribution in [3.63, 3.8) is 0 Å². The number of fused-ring (bicyclic) bond motifs is 1. The van der Waals surface area contributed by atoms with Crippen molar-refractivity contribution in [1.29, 1.82) is 0 Å². The third kappa shape index (κ3) is 3.20. The van der Waals surface area contributed by atoms with Crippen molar-refractivity contribution in [2.24, 2.45) is 0 Å². The predicted molar refractivity (Wildman–Crippen MR) is 92.1 cm³/mol. The molecule has 1 aromatic heterocycles. The molecule has 0 spiro atoms. The first kappa shape index (κ1) is 14.8. The van der Waals surface area contributed by atoms with Gasteiger partial charge < -0.3 is 4.74 Å². The van der Waals surface area contributed by atoms with Gasteiger partial charge in [-0.1, -0.05) is 18.2 Å². The Kier molecular flexibility index (Phi) is 4.54. The number of ether oxygens (including phenoxy) is 1. The van der Waals surface area contributed by atoms with Crippen molar-refractivity contribution in [2.75, 3.05) is 7.11 Å². The first-order valence-corrected chi connectivity index (χ1v) is 8.28. The highest BCUT2D eigenvalue weighted by molar-refractivity contribution is 7.17. The number of carbonyl (C=O) groups excluding carboxylic acids is 1. The molecule has 0 aliphatic carbocycles. The van der Waals surface area contributed by atoms with Crippen molar-refractivity contribution in [3.8, 4) is 5.75 Å². The summed E-state index contributed by atoms with van der Waals surface area (Å²) in [6.45, 7) is 0. The summed E-state index contributed by atoms with van der Waals surface area (Å²) in [5.74, 6) is 1.11. The number of hydrogen-bond donors (Lipinski definition) is 0. The van der Waals surface area contributed by atoms with Gasteiger partial charge in [-0.2, -0.15) is 0 Å². The molecule has 1 heterocycles. The van der Waals surface area contributed by atoms with Crippen LogP contribution in [0.5, 0.6) is 5.75 Å². The maximum atomic E-state index is 12.3. The summed E-state index contributed by atoms with van der Waals surface area (Å²) in [7, 11) is 1.68. The smallest absolute Gasteiger partial charge is 0.162 e. The van der Waals surface area contributed by atoms with Crippen LogP contribution in [0.25, 0.3) is 10.1 Å². The largest absolute Gasteiger partial charge is 0.496 e. The fourth-order valence-corrected chi connectivity index (χ4v) is 3.40. The van der Waals surface area contributed by atoms with Gasteiger partial charge in [0.15, 0.2) is 5.78 Å². The van der Waals surface area contributed by atoms with Crippen LogP contribution in [0, 0.1) is 0 Å². The van der Waals surface area contributed by atoms with E-state index in [1.54, 1.807) is 18.4 Å². The van der Waals surface area contributed by atoms with E-state index < -0.39 is 0 Å². The minimum atomic E-state index is 0.211. The summed E-state index contributed by atoms with van der Waals surface area (Å²) >= 11 is 1.70. The third-order valence-corrected chi connectivity index (χ3v) is 4.71. The van der Waals surface area contributed by atoms with E-state index in [1.807, 2.05) is 36.4 Å². The molecule has 0 atom stereocenters. The molecule has 0 N–H and O–H groups in total. The van der Waals surface area contributed by atoms with Crippen LogP contribution in [0.1, 0.15) is 28.8 Å². The van der Waals surface area contributed by atoms with Gasteiger partial charge in [0.05, 0.1) is 7.11 Å². The normalized spacial score (nSPS) is 10.8. The number of carbonyl (C=O) groups is 1. The highest BCUT2D eigenvalue weighted by Crippen LogP contribution is 2.23. The van der Waals surface area contributed by atoms with E-state index in [2.05, 4.69) is 17.5 Å². The summed E-state index contributed by atoms with van der Waals surface area (Å²) in [6, 6.07) is 16.0. The molecular weight excluding hydrogens is 292 g/mol. The topological polar surface area (TPSA) is 26.3 Å². The fourth-order valence-electron chi connectivity index (χ4n) is 2.63. The highest BCUT2D eigenvalue weighted by atomic mass is 32.1. The van der Waals surface area contributed by atoms with E-state index >= 15 is 0 Å². The SMILES string of the molecule is COc1ccccc1CCCC(=O)c1ccc2sccc2c1. The Morgan fingerprint density at radius 2 is 2.00 bits per heavy atom. The van der Waals surface area contributed by atoms with Crippen LogP contribution in [0.3, 0.4) is 0 Å². The van der Waals surface area contributed by atoms with Crippen molar-refractivity contribution in [2.45, 2.75) is 19.3 Å². The van der Waals surface area contributed by atoms with Crippen LogP contribution in [-0.2, 0) is 6.42 Å². The summed E-state index contributed by atoms with van der Waals surface area (Å²) in [5.41, 5.74) is 1.97. The van der Waals surface area contributed by atoms with E-state index in [0.29, 0.717) is 6.42 Å². The van der Waals surface area contributed by atoms with E-state index in [4.69, 9.17) is 4.74 Å². The van der Waals surface area contributed by atoms with Crippen LogP contribution in [0.2, 0.25) is 0 Å². The second-order valence-electron chi connectivity index (χ2n) is 5.26. The Bertz CT molecular complexity index is 789. The molecule has 112 valence electrons. The van der Waals surface area contributed by atoms with Crippen LogP contribution >= 0.6 is 11.3 Å². The van der Waals surface area contributed by atoms with Gasteiger partial charge in [0.1, 0.15) is 5.75 Å². The molecule has 0 fully saturated rings. The first-order valence-electron chi connectivity index (χ1n) is 7.40. The van der Waals surface area contributed by atoms with Gasteiger partial charge in [-0.05, 0) is 59.5 Å². The highest BCUT2D eigenvalue weighted by Gasteiger charge is 2.08. The molecule has 0 unspecified atom stereocenters. The molecule has 0 aliphatic heterocycles. The molecule has 0 saturated heterocycles. The summed E-state index contributed by atoms with van der Waals surface area (Å²) in [5, 5.41) is 3.21. The average Bonchev–Trinajstić information content (AvgIpc) is 3.02. The van der Waals surface area contributed by atoms with E-state index in [-0.39, 0.29) is 5.78 Å². The van der Waals surface area contributed by atoms with Crippen molar-refractivity contribution in [1.82, 2.24) is 0 Å². The molecule has 0 saturated carbocycles. The molecule has 0 bridgehead atoms. The number of thiophene rings is 1. The summed E-state index contributed by atoms with van der Waals surface area (Å²) < 4.78 is 6.57. The number of aryl methyl sites for hydroxylation is 1. The number of ketones is 1. The number of benzene rings is 2. The first-order chi connectivity index (χ1) is 10.8. The van der Waals surface area contributed by atoms with Gasteiger partial charge in [0.25, 0.3) is 0 Å². The van der Waals surface area contributed by atoms with Crippen LogP contribution in [0.4, 0.5) is 0 Å². The Hall–Kier alpha value is -2.13. The van der Waals surface area contributed by atoms with Crippen LogP contribution in [-0.4, -0.2) is 12.9 Å². The van der Waals surface area contributed by atoms with E-state index in [0.717, 1.165) is 35.1 Å². The number of rotatable bonds is 6. The van der Waals surface area contributed by atoms with Gasteiger partial charge in [0.2, 0.25) is 0 Å². The number of methoxy groups -OCH3 is 1. The quantitative estimate of drug-likeness (QED) is 0.591. The zero-order valence-electron chi connectivity index (χ0n) is 12.5. The fraction of sp³-hybridized carbons (Fsp3) is 0.211. The summed E-state index contributed by atoms with van der Waals surface area (Å²) in [4.78, 5) is 12.3. The minimum Gasteiger partial charge on any atom is -0.496 e. The lowest BCUT2D eigenvalue weighted by molar-refractivity contribution is 0.0980. The molecule has 0 radical (unpaired) electrons. The van der Waals surface area contributed by atoms with Crippen molar-refractivity contribution in [3.05, 3.63) is 65.0 Å². The van der Waals surface area contributed by atoms with E-state index in [9.17, 15) is 4.79 Å². The van der Waals surface area contributed by atoms with Gasteiger partial charge >= 0.3 is 0 Å². The van der Waals surface area contributed by atoms with Gasteiger partial charge in [-0.3, -0.25) is 4.79 Å². The van der Waals surface area contributed by atoms with Gasteiger partial charge in [0, 0.05) is 16.7 Å². The third-order valence-electron chi connectivity index (χ3n) is 3.82. The average molecular weight is 310 g/mol. The molecule has 3 rings (SSSR count). The lowest BCUT2D eigenvalue weighted by Crippen LogP contribution is -2.00. The molecule has 0 amide bonds. The lowest BCUT2D eigenvalue weighted by Gasteiger charge is -2.07. The maximum Gasteiger partial charge on any atom is 0.162 e. The zero-order valence-corrected chi connectivity index (χ0v) is 13.4. The standard InChI is InChI=1S/C19H18O2S/c1-21-18-8-3-2-5-14(18)6-4-7-17(20)15-9-10-19-16(13-15)11-12-22-19/h2-3,5,8-13H,4,6-7H2,1H3. The van der Waals surface area contributed by atoms with E-state index in [1.165, 1.54) is 4.70 Å². The zero-order chi connectivity index (χ0) is 15.4. The maximum absolute atomic E-state index is 12.3. The second-order valence-corrected chi connectivity index (χ2v) is 6.21. The van der Waals surface area contributed by atoms with Crippen molar-refractivity contribution < 1.29 is 9.53 Å². The Labute approximate surface area is 134 Å². The number of para-hydroxylation sites is 1. The predicted octanol–water partition coefficient (Wildman–Crippen LogP) is 5.12. The Balaban J connectivity index is 1.62. The van der Waals surface area contributed by atoms with Crippen LogP contribution in [0.15, 0.2) is 53.9 Å². The number of hydrogen-bond acceptors (Lipinski definition) is 3. The Morgan fingerprint density at radius 3 is 2.86 bits per heavy atom. The second kappa shape index (κ2) is 6.75. The monoisotopic (exact) mass is 310 g/mol. The Morgan fingerprint density at radius 1 is 1.14 bits per heavy atom. The van der Waals surface area contributed by atoms with Crippen molar-refractivity contribution >= 4 is 27.2 Å². The van der Waals surface area contributed by atoms with Gasteiger partial charge in [-0.25, -0.2) is 0 Å². The summed E-state index contributed by atoms with van der Waals surface area (Å²) in [6.07, 6.45) is 2.25. The minimum absolute atomic E-state index is 0.211. The molecule has 2 aromatic carbocycles. The molecule has 22 heavy (non-hydrogen) atoms. The number of Topliss-reactive ketones (excluding diaryl/α,β-unsaturated/α-hetero) is 1. The molecular formula is C19H18O2S. The molecule has 2 nitrogen and oxygen atoms in total. The van der Waals surface area contributed by atoms with Gasteiger partial charge in [-0.15, -0.1) is 11.3 Å². The van der Waals surface area contributed by atoms with Crippen LogP contribution < -0.4 is 4.74 Å². The molecule has 3 heteroatoms. The molecule has 0 aliphatic rings. The lowest BCUT2D eigenvalue weighted by atomic mass is 10.0.